The summed E-state index contributed by atoms with van der Waals surface area (Å²) in [6, 6.07) is 9.61. The molecule has 2 aromatic carbocycles. The van der Waals surface area contributed by atoms with Crippen LogP contribution in [-0.4, -0.2) is 28.6 Å². The maximum Gasteiger partial charge on any atom is 0.264 e. The SMILES string of the molecule is C[C@H](CCCS(N)(=O)=O)N(c1cc(Cl)ccc1Cl)S(=O)(=O)c1ccc(Cl)cc1. The van der Waals surface area contributed by atoms with Crippen molar-refractivity contribution < 1.29 is 16.8 Å². The van der Waals surface area contributed by atoms with E-state index in [-0.39, 0.29) is 34.2 Å². The molecule has 6 nitrogen and oxygen atoms in total. The molecule has 0 spiro atoms. The Morgan fingerprint density at radius 1 is 0.964 bits per heavy atom. The third-order valence-electron chi connectivity index (χ3n) is 3.97. The lowest BCUT2D eigenvalue weighted by Crippen LogP contribution is -2.39. The highest BCUT2D eigenvalue weighted by Crippen LogP contribution is 2.35. The molecule has 2 N–H and O–H groups in total. The lowest BCUT2D eigenvalue weighted by Gasteiger charge is -2.31. The first-order valence-corrected chi connectivity index (χ1v) is 12.5. The zero-order chi connectivity index (χ0) is 21.1. The van der Waals surface area contributed by atoms with E-state index in [0.717, 1.165) is 4.31 Å². The average molecular weight is 486 g/mol. The molecule has 1 atom stereocenters. The summed E-state index contributed by atoms with van der Waals surface area (Å²) in [6.45, 7) is 1.66. The van der Waals surface area contributed by atoms with Gasteiger partial charge in [-0.2, -0.15) is 0 Å². The Balaban J connectivity index is 2.49. The van der Waals surface area contributed by atoms with Crippen molar-refractivity contribution in [1.82, 2.24) is 0 Å². The van der Waals surface area contributed by atoms with Gasteiger partial charge < -0.3 is 0 Å². The molecule has 0 heterocycles. The van der Waals surface area contributed by atoms with Crippen molar-refractivity contribution in [2.45, 2.75) is 30.7 Å². The summed E-state index contributed by atoms with van der Waals surface area (Å²) in [5, 5.41) is 5.94. The van der Waals surface area contributed by atoms with Gasteiger partial charge in [0.25, 0.3) is 10.0 Å². The molecule has 0 aliphatic heterocycles. The molecule has 28 heavy (non-hydrogen) atoms. The number of hydrogen-bond donors (Lipinski definition) is 1. The number of anilines is 1. The molecule has 0 fully saturated rings. The number of nitrogens with two attached hydrogens (primary N) is 1. The minimum atomic E-state index is -4.02. The molecule has 0 aromatic heterocycles. The minimum absolute atomic E-state index is 0.0197. The third kappa shape index (κ3) is 5.98. The summed E-state index contributed by atoms with van der Waals surface area (Å²) >= 11 is 18.2. The molecule has 0 saturated heterocycles. The summed E-state index contributed by atoms with van der Waals surface area (Å²) in [7, 11) is -7.67. The molecular formula is C17H19Cl3N2O4S2. The number of hydrogen-bond acceptors (Lipinski definition) is 4. The van der Waals surface area contributed by atoms with Gasteiger partial charge in [0.1, 0.15) is 0 Å². The Morgan fingerprint density at radius 2 is 1.54 bits per heavy atom. The van der Waals surface area contributed by atoms with Crippen LogP contribution in [0, 0.1) is 0 Å². The zero-order valence-corrected chi connectivity index (χ0v) is 18.7. The number of nitrogens with zero attached hydrogens (tertiary/aromatic N) is 1. The van der Waals surface area contributed by atoms with Crippen molar-refractivity contribution >= 4 is 60.5 Å². The molecule has 0 saturated carbocycles. The number of benzene rings is 2. The van der Waals surface area contributed by atoms with Crippen LogP contribution in [0.4, 0.5) is 5.69 Å². The Kier molecular flexibility index (Phi) is 7.63. The first-order chi connectivity index (χ1) is 12.9. The summed E-state index contributed by atoms with van der Waals surface area (Å²) < 4.78 is 50.2. The predicted molar refractivity (Wildman–Crippen MR) is 114 cm³/mol. The molecule has 2 rings (SSSR count). The van der Waals surface area contributed by atoms with Crippen LogP contribution in [-0.2, 0) is 20.0 Å². The Morgan fingerprint density at radius 3 is 2.11 bits per heavy atom. The van der Waals surface area contributed by atoms with Gasteiger partial charge in [0.2, 0.25) is 10.0 Å². The molecule has 0 bridgehead atoms. The van der Waals surface area contributed by atoms with E-state index < -0.39 is 26.1 Å². The topological polar surface area (TPSA) is 97.5 Å². The fraction of sp³-hybridized carbons (Fsp3) is 0.294. The number of halogens is 3. The van der Waals surface area contributed by atoms with Gasteiger partial charge in [-0.25, -0.2) is 22.0 Å². The standard InChI is InChI=1S/C17H19Cl3N2O4S2/c1-12(3-2-10-27(21,23)24)22(17-11-14(19)6-9-16(17)20)28(25,26)15-7-4-13(18)5-8-15/h4-9,11-12H,2-3,10H2,1H3,(H2,21,23,24)/t12-/m1/s1. The second kappa shape index (κ2) is 9.19. The first-order valence-electron chi connectivity index (χ1n) is 8.17. The van der Waals surface area contributed by atoms with Gasteiger partial charge in [-0.15, -0.1) is 0 Å². The Hall–Kier alpha value is -1.03. The van der Waals surface area contributed by atoms with Gasteiger partial charge in [-0.3, -0.25) is 4.31 Å². The molecule has 154 valence electrons. The second-order valence-corrected chi connectivity index (χ2v) is 11.0. The van der Waals surface area contributed by atoms with E-state index in [9.17, 15) is 16.8 Å². The molecule has 2 aromatic rings. The van der Waals surface area contributed by atoms with Gasteiger partial charge >= 0.3 is 0 Å². The van der Waals surface area contributed by atoms with E-state index in [4.69, 9.17) is 39.9 Å². The van der Waals surface area contributed by atoms with Crippen LogP contribution in [0.5, 0.6) is 0 Å². The second-order valence-electron chi connectivity index (χ2n) is 6.21. The fourth-order valence-electron chi connectivity index (χ4n) is 2.68. The van der Waals surface area contributed by atoms with Gasteiger partial charge in [-0.1, -0.05) is 34.8 Å². The van der Waals surface area contributed by atoms with E-state index in [1.807, 2.05) is 0 Å². The van der Waals surface area contributed by atoms with Crippen LogP contribution in [0.3, 0.4) is 0 Å². The van der Waals surface area contributed by atoms with Crippen LogP contribution >= 0.6 is 34.8 Å². The molecule has 0 unspecified atom stereocenters. The van der Waals surface area contributed by atoms with Gasteiger partial charge in [0.15, 0.2) is 0 Å². The highest BCUT2D eigenvalue weighted by Gasteiger charge is 2.31. The van der Waals surface area contributed by atoms with Crippen LogP contribution in [0.1, 0.15) is 19.8 Å². The average Bonchev–Trinajstić information content (AvgIpc) is 2.57. The maximum atomic E-state index is 13.3. The normalized spacial score (nSPS) is 13.3. The van der Waals surface area contributed by atoms with Crippen LogP contribution in [0.2, 0.25) is 15.1 Å². The number of primary sulfonamides is 1. The summed E-state index contributed by atoms with van der Waals surface area (Å²) in [5.74, 6) is -0.255. The molecule has 0 aliphatic carbocycles. The van der Waals surface area contributed by atoms with E-state index >= 15 is 0 Å². The van der Waals surface area contributed by atoms with Crippen molar-refractivity contribution in [2.24, 2.45) is 5.14 Å². The van der Waals surface area contributed by atoms with Crippen LogP contribution in [0.25, 0.3) is 0 Å². The minimum Gasteiger partial charge on any atom is -0.262 e. The summed E-state index contributed by atoms with van der Waals surface area (Å²) in [4.78, 5) is 0.0197. The van der Waals surface area contributed by atoms with Gasteiger partial charge in [0.05, 0.1) is 21.4 Å². The highest BCUT2D eigenvalue weighted by atomic mass is 35.5. The Bertz CT molecular complexity index is 1040. The fourth-order valence-corrected chi connectivity index (χ4v) is 5.49. The zero-order valence-electron chi connectivity index (χ0n) is 14.8. The molecule has 0 amide bonds. The van der Waals surface area contributed by atoms with Crippen LogP contribution in [0.15, 0.2) is 47.4 Å². The highest BCUT2D eigenvalue weighted by molar-refractivity contribution is 7.92. The lowest BCUT2D eigenvalue weighted by atomic mass is 10.2. The monoisotopic (exact) mass is 484 g/mol. The quantitative estimate of drug-likeness (QED) is 0.603. The molecule has 11 heteroatoms. The van der Waals surface area contributed by atoms with Gasteiger partial charge in [0, 0.05) is 16.1 Å². The van der Waals surface area contributed by atoms with E-state index in [1.54, 1.807) is 13.0 Å². The Labute approximate surface area is 180 Å². The van der Waals surface area contributed by atoms with Gasteiger partial charge in [-0.05, 0) is 62.2 Å². The van der Waals surface area contributed by atoms with Crippen molar-refractivity contribution in [2.75, 3.05) is 10.1 Å². The van der Waals surface area contributed by atoms with Crippen molar-refractivity contribution in [1.29, 1.82) is 0 Å². The largest absolute Gasteiger partial charge is 0.264 e. The third-order valence-corrected chi connectivity index (χ3v) is 7.57. The lowest BCUT2D eigenvalue weighted by molar-refractivity contribution is 0.566. The van der Waals surface area contributed by atoms with E-state index in [1.165, 1.54) is 36.4 Å². The van der Waals surface area contributed by atoms with Crippen molar-refractivity contribution in [3.8, 4) is 0 Å². The molecular weight excluding hydrogens is 467 g/mol. The number of sulfonamides is 2. The smallest absolute Gasteiger partial charge is 0.262 e. The van der Waals surface area contributed by atoms with Crippen molar-refractivity contribution in [3.63, 3.8) is 0 Å². The predicted octanol–water partition coefficient (Wildman–Crippen LogP) is 4.30. The number of rotatable bonds is 8. The van der Waals surface area contributed by atoms with E-state index in [0.29, 0.717) is 10.0 Å². The summed E-state index contributed by atoms with van der Waals surface area (Å²) in [6.07, 6.45) is 0.427. The first kappa shape index (κ1) is 23.3. The molecule has 0 aliphatic rings. The van der Waals surface area contributed by atoms with Crippen molar-refractivity contribution in [3.05, 3.63) is 57.5 Å². The summed E-state index contributed by atoms with van der Waals surface area (Å²) in [5.41, 5.74) is 0.201. The molecule has 0 radical (unpaired) electrons. The van der Waals surface area contributed by atoms with Crippen LogP contribution < -0.4 is 9.44 Å². The van der Waals surface area contributed by atoms with E-state index in [2.05, 4.69) is 0 Å². The maximum absolute atomic E-state index is 13.3.